The Bertz CT molecular complexity index is 351. The van der Waals surface area contributed by atoms with Crippen molar-refractivity contribution in [3.05, 3.63) is 11.6 Å². The van der Waals surface area contributed by atoms with Gasteiger partial charge in [0.1, 0.15) is 0 Å². The van der Waals surface area contributed by atoms with Gasteiger partial charge in [-0.25, -0.2) is 0 Å². The van der Waals surface area contributed by atoms with Gasteiger partial charge in [0.2, 0.25) is 0 Å². The third kappa shape index (κ3) is 2.01. The van der Waals surface area contributed by atoms with E-state index in [0.717, 1.165) is 19.5 Å². The number of piperidine rings is 1. The van der Waals surface area contributed by atoms with Crippen molar-refractivity contribution in [2.75, 3.05) is 27.2 Å². The zero-order valence-electron chi connectivity index (χ0n) is 9.62. The van der Waals surface area contributed by atoms with Crippen LogP contribution in [0, 0.1) is 5.92 Å². The van der Waals surface area contributed by atoms with Crippen LogP contribution in [0.1, 0.15) is 6.42 Å². The number of carbonyl (C=O) groups excluding carboxylic acids is 2. The molecule has 0 aromatic rings. The minimum atomic E-state index is -0.289. The maximum atomic E-state index is 11.6. The third-order valence-electron chi connectivity index (χ3n) is 3.37. The lowest BCUT2D eigenvalue weighted by Crippen LogP contribution is -2.48. The van der Waals surface area contributed by atoms with E-state index in [1.807, 2.05) is 14.1 Å². The van der Waals surface area contributed by atoms with E-state index in [2.05, 4.69) is 15.5 Å². The van der Waals surface area contributed by atoms with Crippen molar-refractivity contribution in [1.29, 1.82) is 0 Å². The number of rotatable bonds is 2. The lowest BCUT2D eigenvalue weighted by Gasteiger charge is -2.36. The molecule has 16 heavy (non-hydrogen) atoms. The number of nitrogens with zero attached hydrogens (tertiary/aromatic N) is 1. The highest BCUT2D eigenvalue weighted by Crippen LogP contribution is 2.25. The van der Waals surface area contributed by atoms with Crippen LogP contribution in [0.25, 0.3) is 0 Å². The van der Waals surface area contributed by atoms with Gasteiger partial charge in [0.15, 0.2) is 0 Å². The van der Waals surface area contributed by atoms with E-state index < -0.39 is 0 Å². The normalized spacial score (nSPS) is 31.5. The molecule has 0 radical (unpaired) electrons. The van der Waals surface area contributed by atoms with E-state index in [-0.39, 0.29) is 23.8 Å². The highest BCUT2D eigenvalue weighted by atomic mass is 16.2. The first-order chi connectivity index (χ1) is 7.61. The van der Waals surface area contributed by atoms with Gasteiger partial charge in [0.05, 0.1) is 0 Å². The predicted octanol–water partition coefficient (Wildman–Crippen LogP) is -0.891. The predicted molar refractivity (Wildman–Crippen MR) is 59.7 cm³/mol. The summed E-state index contributed by atoms with van der Waals surface area (Å²) in [7, 11) is 3.94. The molecule has 2 aliphatic rings. The van der Waals surface area contributed by atoms with Gasteiger partial charge in [0, 0.05) is 30.2 Å². The fraction of sp³-hybridized carbons (Fsp3) is 0.636. The van der Waals surface area contributed by atoms with Crippen LogP contribution in [0.5, 0.6) is 0 Å². The van der Waals surface area contributed by atoms with Crippen LogP contribution >= 0.6 is 0 Å². The standard InChI is InChI=1S/C11H17N3O2/c1-12-9-3-4-14(2)6-8(9)7-5-10(15)13-11(7)16/h5,8-9,12H,3-4,6H2,1-2H3,(H,13,15,16). The van der Waals surface area contributed by atoms with Crippen molar-refractivity contribution in [3.8, 4) is 0 Å². The Kier molecular flexibility index (Phi) is 3.07. The molecule has 5 heteroatoms. The summed E-state index contributed by atoms with van der Waals surface area (Å²) < 4.78 is 0. The lowest BCUT2D eigenvalue weighted by atomic mass is 9.86. The van der Waals surface area contributed by atoms with Crippen LogP contribution in [-0.4, -0.2) is 49.9 Å². The molecule has 2 unspecified atom stereocenters. The lowest BCUT2D eigenvalue weighted by molar-refractivity contribution is -0.124. The molecule has 88 valence electrons. The second-order valence-electron chi connectivity index (χ2n) is 4.47. The molecule has 1 saturated heterocycles. The minimum absolute atomic E-state index is 0.107. The van der Waals surface area contributed by atoms with Crippen LogP contribution in [0.2, 0.25) is 0 Å². The molecule has 2 aliphatic heterocycles. The molecule has 2 amide bonds. The van der Waals surface area contributed by atoms with Gasteiger partial charge in [-0.15, -0.1) is 0 Å². The molecule has 5 nitrogen and oxygen atoms in total. The number of carbonyl (C=O) groups is 2. The van der Waals surface area contributed by atoms with E-state index in [0.29, 0.717) is 5.57 Å². The van der Waals surface area contributed by atoms with E-state index in [1.54, 1.807) is 0 Å². The van der Waals surface area contributed by atoms with Crippen molar-refractivity contribution in [3.63, 3.8) is 0 Å². The van der Waals surface area contributed by atoms with Gasteiger partial charge < -0.3 is 10.2 Å². The van der Waals surface area contributed by atoms with Gasteiger partial charge in [0.25, 0.3) is 11.8 Å². The Balaban J connectivity index is 2.19. The summed E-state index contributed by atoms with van der Waals surface area (Å²) in [6.45, 7) is 1.84. The Morgan fingerprint density at radius 1 is 1.50 bits per heavy atom. The highest BCUT2D eigenvalue weighted by Gasteiger charge is 2.35. The van der Waals surface area contributed by atoms with Crippen LogP contribution < -0.4 is 10.6 Å². The van der Waals surface area contributed by atoms with E-state index in [4.69, 9.17) is 0 Å². The highest BCUT2D eigenvalue weighted by molar-refractivity contribution is 6.16. The first kappa shape index (κ1) is 11.3. The number of amides is 2. The first-order valence-electron chi connectivity index (χ1n) is 5.54. The quantitative estimate of drug-likeness (QED) is 0.596. The molecular weight excluding hydrogens is 206 g/mol. The van der Waals surface area contributed by atoms with Crippen molar-refractivity contribution in [1.82, 2.24) is 15.5 Å². The number of likely N-dealkylation sites (tertiary alicyclic amines) is 1. The largest absolute Gasteiger partial charge is 0.316 e. The van der Waals surface area contributed by atoms with Crippen molar-refractivity contribution >= 4 is 11.8 Å². The Morgan fingerprint density at radius 2 is 2.25 bits per heavy atom. The molecule has 2 rings (SSSR count). The molecule has 2 heterocycles. The number of hydrogen-bond acceptors (Lipinski definition) is 4. The van der Waals surface area contributed by atoms with Crippen LogP contribution in [-0.2, 0) is 9.59 Å². The summed E-state index contributed by atoms with van der Waals surface area (Å²) in [6.07, 6.45) is 2.44. The topological polar surface area (TPSA) is 61.4 Å². The number of nitrogens with one attached hydrogen (secondary N) is 2. The molecule has 0 saturated carbocycles. The molecule has 0 aliphatic carbocycles. The zero-order valence-corrected chi connectivity index (χ0v) is 9.62. The molecule has 0 bridgehead atoms. The Morgan fingerprint density at radius 3 is 2.81 bits per heavy atom. The average molecular weight is 223 g/mol. The Labute approximate surface area is 94.9 Å². The maximum Gasteiger partial charge on any atom is 0.254 e. The van der Waals surface area contributed by atoms with Crippen LogP contribution in [0.4, 0.5) is 0 Å². The summed E-state index contributed by atoms with van der Waals surface area (Å²) in [4.78, 5) is 24.9. The number of hydrogen-bond donors (Lipinski definition) is 2. The zero-order chi connectivity index (χ0) is 11.7. The molecular formula is C11H17N3O2. The minimum Gasteiger partial charge on any atom is -0.316 e. The molecule has 2 N–H and O–H groups in total. The maximum absolute atomic E-state index is 11.6. The summed E-state index contributed by atoms with van der Waals surface area (Å²) >= 11 is 0. The summed E-state index contributed by atoms with van der Waals surface area (Å²) in [5, 5.41) is 5.53. The molecule has 0 aromatic heterocycles. The van der Waals surface area contributed by atoms with E-state index >= 15 is 0 Å². The van der Waals surface area contributed by atoms with Gasteiger partial charge in [-0.3, -0.25) is 14.9 Å². The van der Waals surface area contributed by atoms with Gasteiger partial charge in [-0.05, 0) is 27.1 Å². The monoisotopic (exact) mass is 223 g/mol. The van der Waals surface area contributed by atoms with Gasteiger partial charge >= 0.3 is 0 Å². The first-order valence-corrected chi connectivity index (χ1v) is 5.54. The van der Waals surface area contributed by atoms with E-state index in [9.17, 15) is 9.59 Å². The fourth-order valence-corrected chi connectivity index (χ4v) is 2.48. The third-order valence-corrected chi connectivity index (χ3v) is 3.37. The van der Waals surface area contributed by atoms with Crippen molar-refractivity contribution < 1.29 is 9.59 Å². The Hall–Kier alpha value is -1.20. The molecule has 2 atom stereocenters. The van der Waals surface area contributed by atoms with Crippen LogP contribution in [0.3, 0.4) is 0 Å². The second-order valence-corrected chi connectivity index (χ2v) is 4.47. The summed E-state index contributed by atoms with van der Waals surface area (Å²) in [5.74, 6) is -0.413. The van der Waals surface area contributed by atoms with Crippen molar-refractivity contribution in [2.45, 2.75) is 12.5 Å². The van der Waals surface area contributed by atoms with Gasteiger partial charge in [-0.1, -0.05) is 0 Å². The van der Waals surface area contributed by atoms with Crippen LogP contribution in [0.15, 0.2) is 11.6 Å². The molecule has 0 aromatic carbocycles. The number of imide groups is 1. The summed E-state index contributed by atoms with van der Waals surface area (Å²) in [6, 6.07) is 0.277. The second kappa shape index (κ2) is 4.35. The molecule has 1 fully saturated rings. The van der Waals surface area contributed by atoms with E-state index in [1.165, 1.54) is 6.08 Å². The smallest absolute Gasteiger partial charge is 0.254 e. The van der Waals surface area contributed by atoms with Gasteiger partial charge in [-0.2, -0.15) is 0 Å². The average Bonchev–Trinajstić information content (AvgIpc) is 2.57. The fourth-order valence-electron chi connectivity index (χ4n) is 2.48. The molecule has 0 spiro atoms. The summed E-state index contributed by atoms with van der Waals surface area (Å²) in [5.41, 5.74) is 0.621. The SMILES string of the molecule is CNC1CCN(C)CC1C1=CC(=O)NC1=O. The van der Waals surface area contributed by atoms with Crippen molar-refractivity contribution in [2.24, 2.45) is 5.92 Å².